The van der Waals surface area contributed by atoms with Crippen molar-refractivity contribution in [3.05, 3.63) is 87.1 Å². The number of hydrogen-bond donors (Lipinski definition) is 1. The van der Waals surface area contributed by atoms with E-state index in [0.29, 0.717) is 35.8 Å². The zero-order chi connectivity index (χ0) is 22.0. The van der Waals surface area contributed by atoms with E-state index in [1.807, 2.05) is 42.3 Å². The summed E-state index contributed by atoms with van der Waals surface area (Å²) in [5, 5.41) is 15.1. The van der Waals surface area contributed by atoms with Gasteiger partial charge in [0.25, 0.3) is 11.6 Å². The molecule has 160 valence electrons. The molecule has 2 aromatic rings. The number of rotatable bonds is 4. The van der Waals surface area contributed by atoms with Crippen LogP contribution in [0.2, 0.25) is 0 Å². The monoisotopic (exact) mass is 419 g/mol. The minimum absolute atomic E-state index is 0.0224. The fourth-order valence-electron chi connectivity index (χ4n) is 4.01. The Balaban J connectivity index is 1.80. The fourth-order valence-corrected chi connectivity index (χ4v) is 4.01. The molecule has 2 heterocycles. The third-order valence-corrected chi connectivity index (χ3v) is 5.75. The molecule has 1 saturated heterocycles. The first-order valence-electron chi connectivity index (χ1n) is 10.3. The van der Waals surface area contributed by atoms with Crippen LogP contribution in [0.3, 0.4) is 0 Å². The number of benzene rings is 2. The number of nitrogens with zero attached hydrogens (tertiary/aromatic N) is 4. The van der Waals surface area contributed by atoms with E-state index >= 15 is 0 Å². The van der Waals surface area contributed by atoms with Gasteiger partial charge in [-0.1, -0.05) is 42.5 Å². The maximum atomic E-state index is 13.5. The van der Waals surface area contributed by atoms with E-state index < -0.39 is 11.0 Å². The molecule has 0 aromatic heterocycles. The number of carbonyl (C=O) groups excluding carboxylic acids is 1. The lowest BCUT2D eigenvalue weighted by molar-refractivity contribution is -0.385. The number of amides is 1. The van der Waals surface area contributed by atoms with Gasteiger partial charge in [-0.15, -0.1) is 0 Å². The highest BCUT2D eigenvalue weighted by atomic mass is 16.6. The van der Waals surface area contributed by atoms with E-state index in [1.54, 1.807) is 25.1 Å². The van der Waals surface area contributed by atoms with Gasteiger partial charge in [0.15, 0.2) is 0 Å². The van der Waals surface area contributed by atoms with Crippen molar-refractivity contribution >= 4 is 17.4 Å². The Morgan fingerprint density at radius 3 is 2.39 bits per heavy atom. The first-order valence-corrected chi connectivity index (χ1v) is 10.3. The molecule has 4 rings (SSSR count). The van der Waals surface area contributed by atoms with E-state index in [9.17, 15) is 14.9 Å². The number of nitrogens with one attached hydrogen (secondary N) is 1. The number of aliphatic imine (C=N–C) groups is 1. The SMILES string of the molecule is CC1=C(C(=O)N2CCN(C)CC2)C(c2ccccc2[N+](=O)[O-])NC(c2ccccc2)=N1. The maximum Gasteiger partial charge on any atom is 0.275 e. The van der Waals surface area contributed by atoms with Crippen molar-refractivity contribution in [1.29, 1.82) is 0 Å². The number of piperazine rings is 1. The van der Waals surface area contributed by atoms with Crippen LogP contribution in [-0.4, -0.2) is 59.7 Å². The summed E-state index contributed by atoms with van der Waals surface area (Å²) in [6, 6.07) is 15.5. The number of nitro groups is 1. The average molecular weight is 419 g/mol. The van der Waals surface area contributed by atoms with Gasteiger partial charge in [0.2, 0.25) is 0 Å². The second kappa shape index (κ2) is 8.69. The molecule has 1 N–H and O–H groups in total. The van der Waals surface area contributed by atoms with E-state index in [-0.39, 0.29) is 11.6 Å². The van der Waals surface area contributed by atoms with E-state index in [1.165, 1.54) is 6.07 Å². The second-order valence-electron chi connectivity index (χ2n) is 7.81. The summed E-state index contributed by atoms with van der Waals surface area (Å²) in [4.78, 5) is 33.5. The molecule has 1 amide bonds. The topological polar surface area (TPSA) is 91.1 Å². The predicted octanol–water partition coefficient (Wildman–Crippen LogP) is 2.73. The van der Waals surface area contributed by atoms with Crippen LogP contribution >= 0.6 is 0 Å². The summed E-state index contributed by atoms with van der Waals surface area (Å²) in [6.07, 6.45) is 0. The lowest BCUT2D eigenvalue weighted by Crippen LogP contribution is -2.49. The molecule has 1 fully saturated rings. The molecule has 0 radical (unpaired) electrons. The molecule has 2 aromatic carbocycles. The van der Waals surface area contributed by atoms with Gasteiger partial charge in [-0.25, -0.2) is 4.99 Å². The van der Waals surface area contributed by atoms with Crippen LogP contribution in [0, 0.1) is 10.1 Å². The minimum atomic E-state index is -0.665. The van der Waals surface area contributed by atoms with Gasteiger partial charge in [0.1, 0.15) is 5.84 Å². The summed E-state index contributed by atoms with van der Waals surface area (Å²) in [5.41, 5.74) is 2.32. The molecule has 1 unspecified atom stereocenters. The van der Waals surface area contributed by atoms with Crippen molar-refractivity contribution in [2.75, 3.05) is 33.2 Å². The molecule has 0 saturated carbocycles. The Morgan fingerprint density at radius 1 is 1.06 bits per heavy atom. The maximum absolute atomic E-state index is 13.5. The highest BCUT2D eigenvalue weighted by molar-refractivity contribution is 6.04. The Labute approximate surface area is 181 Å². The summed E-state index contributed by atoms with van der Waals surface area (Å²) in [5.74, 6) is 0.466. The van der Waals surface area contributed by atoms with Crippen molar-refractivity contribution in [2.45, 2.75) is 13.0 Å². The third-order valence-electron chi connectivity index (χ3n) is 5.75. The quantitative estimate of drug-likeness (QED) is 0.608. The van der Waals surface area contributed by atoms with Crippen molar-refractivity contribution in [3.63, 3.8) is 0 Å². The first-order chi connectivity index (χ1) is 15.0. The van der Waals surface area contributed by atoms with Crippen molar-refractivity contribution < 1.29 is 9.72 Å². The van der Waals surface area contributed by atoms with Gasteiger partial charge in [-0.05, 0) is 20.0 Å². The summed E-state index contributed by atoms with van der Waals surface area (Å²) in [6.45, 7) is 4.62. The Hall–Kier alpha value is -3.52. The number of nitro benzene ring substituents is 1. The van der Waals surface area contributed by atoms with Gasteiger partial charge >= 0.3 is 0 Å². The van der Waals surface area contributed by atoms with Gasteiger partial charge < -0.3 is 15.1 Å². The number of hydrogen-bond acceptors (Lipinski definition) is 6. The van der Waals surface area contributed by atoms with E-state index in [0.717, 1.165) is 18.7 Å². The van der Waals surface area contributed by atoms with Crippen LogP contribution in [0.15, 0.2) is 70.9 Å². The van der Waals surface area contributed by atoms with Crippen molar-refractivity contribution in [2.24, 2.45) is 4.99 Å². The first kappa shape index (κ1) is 20.7. The molecule has 2 aliphatic rings. The Morgan fingerprint density at radius 2 is 1.71 bits per heavy atom. The molecule has 8 heteroatoms. The van der Waals surface area contributed by atoms with Gasteiger partial charge in [0.05, 0.1) is 27.8 Å². The molecule has 2 aliphatic heterocycles. The lowest BCUT2D eigenvalue weighted by atomic mass is 9.92. The van der Waals surface area contributed by atoms with Gasteiger partial charge in [-0.3, -0.25) is 14.9 Å². The van der Waals surface area contributed by atoms with Crippen LogP contribution in [0.5, 0.6) is 0 Å². The molecule has 8 nitrogen and oxygen atoms in total. The molecular weight excluding hydrogens is 394 g/mol. The average Bonchev–Trinajstić information content (AvgIpc) is 2.79. The highest BCUT2D eigenvalue weighted by Gasteiger charge is 2.36. The number of likely N-dealkylation sites (N-methyl/N-ethyl adjacent to an activating group) is 1. The number of para-hydroxylation sites is 1. The highest BCUT2D eigenvalue weighted by Crippen LogP contribution is 2.35. The molecular formula is C23H25N5O3. The van der Waals surface area contributed by atoms with Crippen molar-refractivity contribution in [3.8, 4) is 0 Å². The van der Waals surface area contributed by atoms with Crippen LogP contribution in [0.25, 0.3) is 0 Å². The summed E-state index contributed by atoms with van der Waals surface area (Å²) >= 11 is 0. The predicted molar refractivity (Wildman–Crippen MR) is 119 cm³/mol. The number of carbonyl (C=O) groups is 1. The van der Waals surface area contributed by atoms with E-state index in [2.05, 4.69) is 15.2 Å². The lowest BCUT2D eigenvalue weighted by Gasteiger charge is -2.36. The van der Waals surface area contributed by atoms with Gasteiger partial charge in [0, 0.05) is 37.8 Å². The Bertz CT molecular complexity index is 1060. The molecule has 0 spiro atoms. The molecule has 31 heavy (non-hydrogen) atoms. The minimum Gasteiger partial charge on any atom is -0.358 e. The second-order valence-corrected chi connectivity index (χ2v) is 7.81. The van der Waals surface area contributed by atoms with Crippen LogP contribution in [0.1, 0.15) is 24.1 Å². The summed E-state index contributed by atoms with van der Waals surface area (Å²) in [7, 11) is 2.03. The smallest absolute Gasteiger partial charge is 0.275 e. The zero-order valence-electron chi connectivity index (χ0n) is 17.6. The molecule has 0 aliphatic carbocycles. The zero-order valence-corrected chi connectivity index (χ0v) is 17.6. The van der Waals surface area contributed by atoms with Crippen molar-refractivity contribution in [1.82, 2.24) is 15.1 Å². The number of allylic oxidation sites excluding steroid dienone is 1. The van der Waals surface area contributed by atoms with Crippen LogP contribution in [-0.2, 0) is 4.79 Å². The third kappa shape index (κ3) is 4.20. The normalized spacial score (nSPS) is 19.6. The fraction of sp³-hybridized carbons (Fsp3) is 0.304. The van der Waals surface area contributed by atoms with Crippen LogP contribution < -0.4 is 5.32 Å². The largest absolute Gasteiger partial charge is 0.358 e. The molecule has 1 atom stereocenters. The summed E-state index contributed by atoms with van der Waals surface area (Å²) < 4.78 is 0. The van der Waals surface area contributed by atoms with Gasteiger partial charge in [-0.2, -0.15) is 0 Å². The molecule has 0 bridgehead atoms. The standard InChI is InChI=1S/C23H25N5O3/c1-16-20(23(29)27-14-12-26(2)13-15-27)21(18-10-6-7-11-19(18)28(30)31)25-22(24-16)17-8-4-3-5-9-17/h3-11,21H,12-15H2,1-2H3,(H,24,25). The Kier molecular flexibility index (Phi) is 5.81. The van der Waals surface area contributed by atoms with Crippen LogP contribution in [0.4, 0.5) is 5.69 Å². The van der Waals surface area contributed by atoms with E-state index in [4.69, 9.17) is 0 Å². The number of amidine groups is 1.